The fourth-order valence-electron chi connectivity index (χ4n) is 6.32. The molecule has 2 aliphatic heterocycles. The number of rotatable bonds is 9. The number of ether oxygens (including phenoxy) is 2. The van der Waals surface area contributed by atoms with Gasteiger partial charge >= 0.3 is 0 Å². The zero-order valence-electron chi connectivity index (χ0n) is 21.6. The number of methoxy groups -OCH3 is 1. The third-order valence-electron chi connectivity index (χ3n) is 7.90. The van der Waals surface area contributed by atoms with Gasteiger partial charge in [-0.1, -0.05) is 55.3 Å². The van der Waals surface area contributed by atoms with Gasteiger partial charge < -0.3 is 14.6 Å². The highest BCUT2D eigenvalue weighted by Gasteiger charge is 2.57. The first kappa shape index (κ1) is 25.4. The molecular weight excluding hydrogens is 466 g/mol. The second-order valence-electron chi connectivity index (χ2n) is 10.3. The standard InChI is InChI=1S/C31H35NO5/c1-3-7-20(16-21-10-13-24(33)14-11-21)12-15-27-28-22(18-36-2)17-25-29(26(28)19-37-27)31(35)32(30(25)34)23-8-5-4-6-9-23/h4-6,8-11,13-14,16,25-27,29,33H,3,7,12,15,17-19H2,1-2H3/b20-16+/t25-,26+,27-,29-/m1/s1. The highest BCUT2D eigenvalue weighted by Crippen LogP contribution is 2.50. The molecule has 0 spiro atoms. The molecule has 194 valence electrons. The molecule has 2 aromatic rings. The van der Waals surface area contributed by atoms with Crippen LogP contribution in [0.25, 0.3) is 6.08 Å². The molecule has 37 heavy (non-hydrogen) atoms. The highest BCUT2D eigenvalue weighted by atomic mass is 16.5. The number of anilines is 1. The Kier molecular flexibility index (Phi) is 7.58. The van der Waals surface area contributed by atoms with Gasteiger partial charge in [0.25, 0.3) is 0 Å². The van der Waals surface area contributed by atoms with Crippen molar-refractivity contribution in [3.63, 3.8) is 0 Å². The summed E-state index contributed by atoms with van der Waals surface area (Å²) in [6, 6.07) is 16.5. The number of phenols is 1. The van der Waals surface area contributed by atoms with Crippen LogP contribution in [-0.2, 0) is 19.1 Å². The van der Waals surface area contributed by atoms with Crippen molar-refractivity contribution in [2.45, 2.75) is 45.1 Å². The maximum absolute atomic E-state index is 13.6. The predicted molar refractivity (Wildman–Crippen MR) is 143 cm³/mol. The molecule has 2 saturated heterocycles. The molecule has 6 heteroatoms. The van der Waals surface area contributed by atoms with Crippen molar-refractivity contribution in [1.29, 1.82) is 0 Å². The monoisotopic (exact) mass is 501 g/mol. The van der Waals surface area contributed by atoms with Crippen LogP contribution in [0, 0.1) is 17.8 Å². The molecule has 0 aromatic heterocycles. The van der Waals surface area contributed by atoms with Gasteiger partial charge in [-0.2, -0.15) is 0 Å². The van der Waals surface area contributed by atoms with Crippen LogP contribution in [0.15, 0.2) is 71.3 Å². The van der Waals surface area contributed by atoms with Gasteiger partial charge in [0.2, 0.25) is 11.8 Å². The van der Waals surface area contributed by atoms with E-state index in [2.05, 4.69) is 13.0 Å². The van der Waals surface area contributed by atoms with Gasteiger partial charge in [-0.3, -0.25) is 14.5 Å². The summed E-state index contributed by atoms with van der Waals surface area (Å²) in [4.78, 5) is 28.4. The second-order valence-corrected chi connectivity index (χ2v) is 10.3. The van der Waals surface area contributed by atoms with Gasteiger partial charge in [0.15, 0.2) is 0 Å². The maximum atomic E-state index is 13.6. The third kappa shape index (κ3) is 5.00. The summed E-state index contributed by atoms with van der Waals surface area (Å²) in [5.74, 6) is -0.786. The van der Waals surface area contributed by atoms with Crippen molar-refractivity contribution >= 4 is 23.6 Å². The van der Waals surface area contributed by atoms with E-state index in [4.69, 9.17) is 9.47 Å². The fourth-order valence-corrected chi connectivity index (χ4v) is 6.32. The lowest BCUT2D eigenvalue weighted by molar-refractivity contribution is -0.122. The quantitative estimate of drug-likeness (QED) is 0.362. The van der Waals surface area contributed by atoms with Gasteiger partial charge in [-0.25, -0.2) is 0 Å². The molecule has 1 aliphatic carbocycles. The zero-order valence-corrected chi connectivity index (χ0v) is 21.6. The van der Waals surface area contributed by atoms with Crippen molar-refractivity contribution in [2.75, 3.05) is 25.2 Å². The first-order valence-corrected chi connectivity index (χ1v) is 13.3. The van der Waals surface area contributed by atoms with Crippen LogP contribution >= 0.6 is 0 Å². The van der Waals surface area contributed by atoms with E-state index in [1.807, 2.05) is 42.5 Å². The minimum Gasteiger partial charge on any atom is -0.508 e. The normalized spacial score (nSPS) is 25.6. The summed E-state index contributed by atoms with van der Waals surface area (Å²) in [5.41, 5.74) is 5.35. The van der Waals surface area contributed by atoms with Crippen LogP contribution in [0.5, 0.6) is 5.75 Å². The highest BCUT2D eigenvalue weighted by molar-refractivity contribution is 6.22. The predicted octanol–water partition coefficient (Wildman–Crippen LogP) is 5.52. The SMILES string of the molecule is CCC/C(=C\c1ccc(O)cc1)CC[C@H]1OC[C@H]2C1=C(COC)C[C@H]1C(=O)N(c3ccccc3)C(=O)[C@H]12. The van der Waals surface area contributed by atoms with Crippen LogP contribution in [0.1, 0.15) is 44.6 Å². The molecule has 0 saturated carbocycles. The maximum Gasteiger partial charge on any atom is 0.238 e. The van der Waals surface area contributed by atoms with Gasteiger partial charge in [0.1, 0.15) is 5.75 Å². The van der Waals surface area contributed by atoms with Crippen molar-refractivity contribution in [3.8, 4) is 5.75 Å². The number of amides is 2. The Bertz CT molecular complexity index is 1200. The smallest absolute Gasteiger partial charge is 0.238 e. The number of imide groups is 1. The van der Waals surface area contributed by atoms with Gasteiger partial charge in [-0.05, 0) is 66.7 Å². The Morgan fingerprint density at radius 2 is 1.81 bits per heavy atom. The number of carbonyl (C=O) groups is 2. The molecule has 2 amide bonds. The number of fused-ring (bicyclic) bond motifs is 3. The molecule has 6 nitrogen and oxygen atoms in total. The van der Waals surface area contributed by atoms with Crippen molar-refractivity contribution < 1.29 is 24.2 Å². The third-order valence-corrected chi connectivity index (χ3v) is 7.90. The van der Waals surface area contributed by atoms with E-state index in [-0.39, 0.29) is 41.4 Å². The minimum atomic E-state index is -0.379. The van der Waals surface area contributed by atoms with Crippen molar-refractivity contribution in [2.24, 2.45) is 17.8 Å². The molecule has 3 aliphatic rings. The van der Waals surface area contributed by atoms with Crippen LogP contribution in [0.4, 0.5) is 5.69 Å². The summed E-state index contributed by atoms with van der Waals surface area (Å²) in [5, 5.41) is 9.60. The molecule has 0 radical (unpaired) electrons. The number of phenolic OH excluding ortho intramolecular Hbond substituents is 1. The summed E-state index contributed by atoms with van der Waals surface area (Å²) in [6.07, 6.45) is 6.41. The molecule has 0 bridgehead atoms. The van der Waals surface area contributed by atoms with E-state index >= 15 is 0 Å². The average Bonchev–Trinajstić information content (AvgIpc) is 3.43. The molecule has 2 fully saturated rings. The van der Waals surface area contributed by atoms with Crippen LogP contribution in [0.3, 0.4) is 0 Å². The van der Waals surface area contributed by atoms with E-state index < -0.39 is 0 Å². The van der Waals surface area contributed by atoms with Gasteiger partial charge in [0.05, 0.1) is 36.8 Å². The number of hydrogen-bond acceptors (Lipinski definition) is 5. The minimum absolute atomic E-state index is 0.0788. The van der Waals surface area contributed by atoms with Crippen molar-refractivity contribution in [3.05, 3.63) is 76.9 Å². The molecular formula is C31H35NO5. The van der Waals surface area contributed by atoms with Crippen LogP contribution in [-0.4, -0.2) is 43.3 Å². The Balaban J connectivity index is 1.38. The number of carbonyl (C=O) groups excluding carboxylic acids is 2. The van der Waals surface area contributed by atoms with Crippen LogP contribution < -0.4 is 4.90 Å². The Labute approximate surface area is 218 Å². The van der Waals surface area contributed by atoms with E-state index in [1.165, 1.54) is 16.0 Å². The lowest BCUT2D eigenvalue weighted by Gasteiger charge is -2.31. The van der Waals surface area contributed by atoms with Gasteiger partial charge in [-0.15, -0.1) is 0 Å². The lowest BCUT2D eigenvalue weighted by atomic mass is 9.69. The lowest BCUT2D eigenvalue weighted by Crippen LogP contribution is -2.35. The summed E-state index contributed by atoms with van der Waals surface area (Å²) in [7, 11) is 1.68. The number of nitrogens with zero attached hydrogens (tertiary/aromatic N) is 1. The number of aromatic hydroxyl groups is 1. The summed E-state index contributed by atoms with van der Waals surface area (Å²) in [6.45, 7) is 3.09. The van der Waals surface area contributed by atoms with Crippen LogP contribution in [0.2, 0.25) is 0 Å². The molecule has 4 atom stereocenters. The summed E-state index contributed by atoms with van der Waals surface area (Å²) < 4.78 is 11.9. The number of allylic oxidation sites excluding steroid dienone is 1. The molecule has 0 unspecified atom stereocenters. The second kappa shape index (κ2) is 11.0. The first-order chi connectivity index (χ1) is 18.0. The molecule has 2 aromatic carbocycles. The zero-order chi connectivity index (χ0) is 25.9. The Morgan fingerprint density at radius 1 is 1.05 bits per heavy atom. The van der Waals surface area contributed by atoms with E-state index in [1.54, 1.807) is 19.2 Å². The van der Waals surface area contributed by atoms with Gasteiger partial charge in [0, 0.05) is 13.0 Å². The average molecular weight is 502 g/mol. The Hall–Kier alpha value is -3.22. The number of para-hydroxylation sites is 1. The van der Waals surface area contributed by atoms with E-state index in [0.29, 0.717) is 25.3 Å². The fraction of sp³-hybridized carbons (Fsp3) is 0.419. The molecule has 1 N–H and O–H groups in total. The van der Waals surface area contributed by atoms with E-state index in [9.17, 15) is 14.7 Å². The van der Waals surface area contributed by atoms with E-state index in [0.717, 1.165) is 36.8 Å². The first-order valence-electron chi connectivity index (χ1n) is 13.3. The summed E-state index contributed by atoms with van der Waals surface area (Å²) >= 11 is 0. The topological polar surface area (TPSA) is 76.1 Å². The molecule has 2 heterocycles. The number of hydrogen-bond donors (Lipinski definition) is 1. The number of benzene rings is 2. The largest absolute Gasteiger partial charge is 0.508 e. The van der Waals surface area contributed by atoms with Crippen molar-refractivity contribution in [1.82, 2.24) is 0 Å². The Morgan fingerprint density at radius 3 is 2.51 bits per heavy atom. The molecule has 5 rings (SSSR count).